The Morgan fingerprint density at radius 2 is 2.19 bits per heavy atom. The van der Waals surface area contributed by atoms with Gasteiger partial charge in [-0.3, -0.25) is 0 Å². The summed E-state index contributed by atoms with van der Waals surface area (Å²) in [7, 11) is 0. The van der Waals surface area contributed by atoms with E-state index in [1.807, 2.05) is 11.3 Å². The molecule has 1 nitrogen and oxygen atoms in total. The number of hydrogen-bond acceptors (Lipinski definition) is 2. The molecule has 0 saturated heterocycles. The lowest BCUT2D eigenvalue weighted by molar-refractivity contribution is 0.426. The molecule has 1 aliphatic carbocycles. The van der Waals surface area contributed by atoms with Crippen LogP contribution in [0.1, 0.15) is 48.8 Å². The molecule has 1 aromatic rings. The second kappa shape index (κ2) is 5.33. The zero-order chi connectivity index (χ0) is 11.5. The van der Waals surface area contributed by atoms with Crippen LogP contribution >= 0.6 is 11.3 Å². The number of aryl methyl sites for hydroxylation is 1. The Balaban J connectivity index is 1.98. The van der Waals surface area contributed by atoms with Crippen LogP contribution in [-0.4, -0.2) is 12.6 Å². The quantitative estimate of drug-likeness (QED) is 0.836. The monoisotopic (exact) mass is 237 g/mol. The van der Waals surface area contributed by atoms with E-state index in [1.54, 1.807) is 4.88 Å². The molecule has 1 saturated carbocycles. The van der Waals surface area contributed by atoms with E-state index in [-0.39, 0.29) is 0 Å². The summed E-state index contributed by atoms with van der Waals surface area (Å²) in [4.78, 5) is 3.07. The Labute approximate surface area is 103 Å². The SMILES string of the molecule is Cc1ccc(C2CCCC2CNC(C)C)s1. The van der Waals surface area contributed by atoms with Crippen LogP contribution in [0.5, 0.6) is 0 Å². The van der Waals surface area contributed by atoms with Gasteiger partial charge in [0, 0.05) is 15.8 Å². The van der Waals surface area contributed by atoms with Crippen molar-refractivity contribution < 1.29 is 0 Å². The number of thiophene rings is 1. The van der Waals surface area contributed by atoms with Gasteiger partial charge >= 0.3 is 0 Å². The fourth-order valence-electron chi connectivity index (χ4n) is 2.70. The van der Waals surface area contributed by atoms with Crippen molar-refractivity contribution in [1.82, 2.24) is 5.32 Å². The molecular formula is C14H23NS. The summed E-state index contributed by atoms with van der Waals surface area (Å²) in [5.41, 5.74) is 0. The van der Waals surface area contributed by atoms with Gasteiger partial charge in [0.2, 0.25) is 0 Å². The van der Waals surface area contributed by atoms with E-state index in [9.17, 15) is 0 Å². The zero-order valence-electron chi connectivity index (χ0n) is 10.6. The molecule has 1 N–H and O–H groups in total. The Bertz CT molecular complexity index is 329. The summed E-state index contributed by atoms with van der Waals surface area (Å²) in [6, 6.07) is 5.23. The molecule has 1 fully saturated rings. The maximum atomic E-state index is 3.60. The van der Waals surface area contributed by atoms with Crippen LogP contribution in [0.25, 0.3) is 0 Å². The molecule has 0 amide bonds. The third-order valence-corrected chi connectivity index (χ3v) is 4.71. The maximum absolute atomic E-state index is 3.60. The fourth-order valence-corrected chi connectivity index (χ4v) is 3.80. The standard InChI is InChI=1S/C14H23NS/c1-10(2)15-9-12-5-4-6-13(12)14-8-7-11(3)16-14/h7-8,10,12-13,15H,4-6,9H2,1-3H3. The van der Waals surface area contributed by atoms with E-state index in [4.69, 9.17) is 0 Å². The third-order valence-electron chi connectivity index (χ3n) is 3.57. The Hall–Kier alpha value is -0.340. The van der Waals surface area contributed by atoms with Crippen molar-refractivity contribution in [2.24, 2.45) is 5.92 Å². The van der Waals surface area contributed by atoms with Crippen LogP contribution in [0, 0.1) is 12.8 Å². The fraction of sp³-hybridized carbons (Fsp3) is 0.714. The molecule has 0 aliphatic heterocycles. The molecule has 0 bridgehead atoms. The topological polar surface area (TPSA) is 12.0 Å². The van der Waals surface area contributed by atoms with Crippen molar-refractivity contribution in [3.63, 3.8) is 0 Å². The minimum atomic E-state index is 0.617. The lowest BCUT2D eigenvalue weighted by atomic mass is 9.94. The summed E-state index contributed by atoms with van der Waals surface area (Å²) in [6.07, 6.45) is 4.21. The molecule has 0 radical (unpaired) electrons. The molecule has 2 rings (SSSR count). The highest BCUT2D eigenvalue weighted by molar-refractivity contribution is 7.12. The maximum Gasteiger partial charge on any atom is 0.00822 e. The summed E-state index contributed by atoms with van der Waals surface area (Å²) < 4.78 is 0. The first-order valence-electron chi connectivity index (χ1n) is 6.46. The van der Waals surface area contributed by atoms with Crippen molar-refractivity contribution >= 4 is 11.3 Å². The first-order valence-corrected chi connectivity index (χ1v) is 7.28. The van der Waals surface area contributed by atoms with Gasteiger partial charge in [-0.25, -0.2) is 0 Å². The van der Waals surface area contributed by atoms with Gasteiger partial charge in [0.05, 0.1) is 0 Å². The molecular weight excluding hydrogens is 214 g/mol. The van der Waals surface area contributed by atoms with E-state index < -0.39 is 0 Å². The lowest BCUT2D eigenvalue weighted by Crippen LogP contribution is -2.29. The molecule has 90 valence electrons. The van der Waals surface area contributed by atoms with Crippen LogP contribution in [0.4, 0.5) is 0 Å². The van der Waals surface area contributed by atoms with E-state index in [2.05, 4.69) is 38.2 Å². The van der Waals surface area contributed by atoms with Gasteiger partial charge in [-0.15, -0.1) is 11.3 Å². The van der Waals surface area contributed by atoms with Crippen LogP contribution in [0.15, 0.2) is 12.1 Å². The highest BCUT2D eigenvalue weighted by Gasteiger charge is 2.29. The molecule has 16 heavy (non-hydrogen) atoms. The summed E-state index contributed by atoms with van der Waals surface area (Å²) in [5, 5.41) is 3.60. The van der Waals surface area contributed by atoms with Crippen molar-refractivity contribution in [2.45, 2.75) is 52.0 Å². The van der Waals surface area contributed by atoms with Gasteiger partial charge in [-0.05, 0) is 50.3 Å². The van der Waals surface area contributed by atoms with Gasteiger partial charge in [0.1, 0.15) is 0 Å². The van der Waals surface area contributed by atoms with E-state index in [0.29, 0.717) is 6.04 Å². The van der Waals surface area contributed by atoms with Crippen LogP contribution < -0.4 is 5.32 Å². The molecule has 0 spiro atoms. The smallest absolute Gasteiger partial charge is 0.00822 e. The molecule has 0 aromatic carbocycles. The number of hydrogen-bond donors (Lipinski definition) is 1. The van der Waals surface area contributed by atoms with Crippen molar-refractivity contribution in [1.29, 1.82) is 0 Å². The molecule has 2 atom stereocenters. The van der Waals surface area contributed by atoms with Crippen molar-refractivity contribution in [3.05, 3.63) is 21.9 Å². The molecule has 2 unspecified atom stereocenters. The predicted octanol–water partition coefficient (Wildman–Crippen LogP) is 3.94. The lowest BCUT2D eigenvalue weighted by Gasteiger charge is -2.20. The second-order valence-corrected chi connectivity index (χ2v) is 6.63. The van der Waals surface area contributed by atoms with Crippen molar-refractivity contribution in [3.8, 4) is 0 Å². The Morgan fingerprint density at radius 1 is 1.38 bits per heavy atom. The largest absolute Gasteiger partial charge is 0.314 e. The van der Waals surface area contributed by atoms with Gasteiger partial charge < -0.3 is 5.32 Å². The van der Waals surface area contributed by atoms with Gasteiger partial charge in [-0.2, -0.15) is 0 Å². The summed E-state index contributed by atoms with van der Waals surface area (Å²) in [6.45, 7) is 7.88. The molecule has 1 heterocycles. The summed E-state index contributed by atoms with van der Waals surface area (Å²) >= 11 is 2.00. The number of rotatable bonds is 4. The normalized spacial score (nSPS) is 25.5. The van der Waals surface area contributed by atoms with Crippen LogP contribution in [0.2, 0.25) is 0 Å². The van der Waals surface area contributed by atoms with Crippen molar-refractivity contribution in [2.75, 3.05) is 6.54 Å². The number of nitrogens with one attached hydrogen (secondary N) is 1. The molecule has 1 aromatic heterocycles. The Morgan fingerprint density at radius 3 is 2.81 bits per heavy atom. The van der Waals surface area contributed by atoms with Crippen LogP contribution in [-0.2, 0) is 0 Å². The van der Waals surface area contributed by atoms with E-state index >= 15 is 0 Å². The summed E-state index contributed by atoms with van der Waals surface area (Å²) in [5.74, 6) is 1.69. The molecule has 2 heteroatoms. The van der Waals surface area contributed by atoms with Gasteiger partial charge in [-0.1, -0.05) is 20.3 Å². The second-order valence-electron chi connectivity index (χ2n) is 5.31. The molecule has 1 aliphatic rings. The van der Waals surface area contributed by atoms with E-state index in [1.165, 1.54) is 30.7 Å². The highest BCUT2D eigenvalue weighted by atomic mass is 32.1. The van der Waals surface area contributed by atoms with Crippen LogP contribution in [0.3, 0.4) is 0 Å². The van der Waals surface area contributed by atoms with E-state index in [0.717, 1.165) is 11.8 Å². The minimum absolute atomic E-state index is 0.617. The minimum Gasteiger partial charge on any atom is -0.314 e. The average Bonchev–Trinajstić information content (AvgIpc) is 2.82. The zero-order valence-corrected chi connectivity index (χ0v) is 11.4. The van der Waals surface area contributed by atoms with Gasteiger partial charge in [0.25, 0.3) is 0 Å². The van der Waals surface area contributed by atoms with Gasteiger partial charge in [0.15, 0.2) is 0 Å². The average molecular weight is 237 g/mol. The highest BCUT2D eigenvalue weighted by Crippen LogP contribution is 2.41. The Kier molecular flexibility index (Phi) is 4.04. The third kappa shape index (κ3) is 2.86. The first kappa shape index (κ1) is 12.1. The predicted molar refractivity (Wildman–Crippen MR) is 72.3 cm³/mol. The first-order chi connectivity index (χ1) is 7.66.